The molecule has 0 unspecified atom stereocenters. The smallest absolute Gasteiger partial charge is 0.291 e. The maximum Gasteiger partial charge on any atom is 0.291 e. The Kier molecular flexibility index (Phi) is 5.92. The highest BCUT2D eigenvalue weighted by atomic mass is 16.6. The minimum atomic E-state index is -0.680. The molecule has 1 aliphatic carbocycles. The number of oxime groups is 1. The molecule has 0 atom stereocenters. The van der Waals surface area contributed by atoms with Gasteiger partial charge in [-0.15, -0.1) is 0 Å². The molecule has 0 spiro atoms. The molecular weight excluding hydrogens is 378 g/mol. The van der Waals surface area contributed by atoms with Crippen LogP contribution in [0.1, 0.15) is 49.7 Å². The van der Waals surface area contributed by atoms with Crippen LogP contribution in [0.3, 0.4) is 0 Å². The third-order valence-corrected chi connectivity index (χ3v) is 4.28. The first kappa shape index (κ1) is 20.8. The molecule has 1 amide bonds. The number of hydrogen-bond donors (Lipinski definition) is 2. The SMILES string of the molecule is COCCON=Cc1cc2n(CC(C)(C)C)c(O)c(C(=O)NC3CC3)c(=O)n2n1. The molecule has 0 saturated heterocycles. The number of aromatic nitrogens is 3. The third-order valence-electron chi connectivity index (χ3n) is 4.28. The molecule has 0 radical (unpaired) electrons. The van der Waals surface area contributed by atoms with Gasteiger partial charge >= 0.3 is 0 Å². The molecule has 1 fully saturated rings. The summed E-state index contributed by atoms with van der Waals surface area (Å²) in [6.07, 6.45) is 3.11. The van der Waals surface area contributed by atoms with Crippen LogP contribution in [0.15, 0.2) is 16.0 Å². The van der Waals surface area contributed by atoms with E-state index < -0.39 is 11.5 Å². The van der Waals surface area contributed by atoms with Gasteiger partial charge in [-0.25, -0.2) is 0 Å². The highest BCUT2D eigenvalue weighted by Crippen LogP contribution is 2.26. The van der Waals surface area contributed by atoms with Crippen molar-refractivity contribution in [2.24, 2.45) is 10.6 Å². The molecule has 29 heavy (non-hydrogen) atoms. The second kappa shape index (κ2) is 8.24. The van der Waals surface area contributed by atoms with Crippen molar-refractivity contribution in [1.82, 2.24) is 19.5 Å². The van der Waals surface area contributed by atoms with E-state index in [1.54, 1.807) is 13.2 Å². The van der Waals surface area contributed by atoms with Crippen LogP contribution in [0, 0.1) is 5.41 Å². The number of nitrogens with zero attached hydrogens (tertiary/aromatic N) is 4. The zero-order valence-corrected chi connectivity index (χ0v) is 17.1. The van der Waals surface area contributed by atoms with E-state index in [0.29, 0.717) is 24.5 Å². The van der Waals surface area contributed by atoms with Gasteiger partial charge in [0.1, 0.15) is 17.9 Å². The summed E-state index contributed by atoms with van der Waals surface area (Å²) in [7, 11) is 1.56. The Balaban J connectivity index is 2.05. The van der Waals surface area contributed by atoms with Crippen LogP contribution < -0.4 is 10.9 Å². The molecule has 0 aromatic carbocycles. The first-order valence-electron chi connectivity index (χ1n) is 9.52. The molecule has 1 saturated carbocycles. The van der Waals surface area contributed by atoms with E-state index in [-0.39, 0.29) is 29.5 Å². The van der Waals surface area contributed by atoms with Gasteiger partial charge in [-0.2, -0.15) is 9.61 Å². The summed E-state index contributed by atoms with van der Waals surface area (Å²) in [5.41, 5.74) is -0.485. The maximum absolute atomic E-state index is 12.9. The fourth-order valence-corrected chi connectivity index (χ4v) is 2.82. The monoisotopic (exact) mass is 405 g/mol. The largest absolute Gasteiger partial charge is 0.494 e. The van der Waals surface area contributed by atoms with E-state index >= 15 is 0 Å². The van der Waals surface area contributed by atoms with E-state index in [9.17, 15) is 14.7 Å². The van der Waals surface area contributed by atoms with Crippen molar-refractivity contribution in [3.63, 3.8) is 0 Å². The summed E-state index contributed by atoms with van der Waals surface area (Å²) in [5.74, 6) is -0.955. The number of amides is 1. The van der Waals surface area contributed by atoms with Gasteiger partial charge in [-0.1, -0.05) is 25.9 Å². The van der Waals surface area contributed by atoms with Crippen molar-refractivity contribution >= 4 is 17.8 Å². The topological polar surface area (TPSA) is 119 Å². The standard InChI is InChI=1S/C19H27N5O5/c1-19(2,3)11-23-14-9-13(10-20-29-8-7-28-4)22-24(14)18(27)15(17(23)26)16(25)21-12-5-6-12/h9-10,12,26H,5-8,11H2,1-4H3,(H,21,25). The van der Waals surface area contributed by atoms with Crippen LogP contribution in [0.25, 0.3) is 5.65 Å². The minimum absolute atomic E-state index is 0.0534. The Morgan fingerprint density at radius 3 is 2.76 bits per heavy atom. The fraction of sp³-hybridized carbons (Fsp3) is 0.579. The number of methoxy groups -OCH3 is 1. The van der Waals surface area contributed by atoms with Crippen LogP contribution in [0.2, 0.25) is 0 Å². The first-order valence-corrected chi connectivity index (χ1v) is 9.52. The normalized spacial score (nSPS) is 14.6. The molecule has 2 N–H and O–H groups in total. The van der Waals surface area contributed by atoms with E-state index in [1.807, 2.05) is 20.8 Å². The predicted molar refractivity (Wildman–Crippen MR) is 106 cm³/mol. The lowest BCUT2D eigenvalue weighted by atomic mass is 9.96. The number of hydrogen-bond acceptors (Lipinski definition) is 7. The molecule has 158 valence electrons. The van der Waals surface area contributed by atoms with Crippen molar-refractivity contribution in [3.05, 3.63) is 27.7 Å². The van der Waals surface area contributed by atoms with Crippen molar-refractivity contribution < 1.29 is 19.5 Å². The van der Waals surface area contributed by atoms with Crippen molar-refractivity contribution in [1.29, 1.82) is 0 Å². The molecule has 0 aliphatic heterocycles. The molecule has 2 heterocycles. The van der Waals surface area contributed by atoms with Crippen LogP contribution in [-0.2, 0) is 16.1 Å². The fourth-order valence-electron chi connectivity index (χ4n) is 2.82. The molecular formula is C19H27N5O5. The summed E-state index contributed by atoms with van der Waals surface area (Å²) in [4.78, 5) is 30.6. The minimum Gasteiger partial charge on any atom is -0.494 e. The quantitative estimate of drug-likeness (QED) is 0.386. The zero-order chi connectivity index (χ0) is 21.2. The van der Waals surface area contributed by atoms with E-state index in [4.69, 9.17) is 9.57 Å². The highest BCUT2D eigenvalue weighted by molar-refractivity contribution is 5.96. The molecule has 2 aromatic heterocycles. The summed E-state index contributed by atoms with van der Waals surface area (Å²) in [6.45, 7) is 7.03. The Hall–Kier alpha value is -2.88. The van der Waals surface area contributed by atoms with E-state index in [1.165, 1.54) is 10.8 Å². The lowest BCUT2D eigenvalue weighted by molar-refractivity contribution is 0.0759. The number of aromatic hydroxyl groups is 1. The summed E-state index contributed by atoms with van der Waals surface area (Å²) < 4.78 is 7.51. The summed E-state index contributed by atoms with van der Waals surface area (Å²) in [6, 6.07) is 1.66. The Bertz CT molecular complexity index is 982. The molecule has 3 rings (SSSR count). The van der Waals surface area contributed by atoms with Gasteiger partial charge < -0.3 is 20.0 Å². The Labute approximate surface area is 168 Å². The van der Waals surface area contributed by atoms with Gasteiger partial charge in [0.15, 0.2) is 5.56 Å². The summed E-state index contributed by atoms with van der Waals surface area (Å²) >= 11 is 0. The lowest BCUT2D eigenvalue weighted by Gasteiger charge is -2.23. The van der Waals surface area contributed by atoms with Gasteiger partial charge in [0, 0.05) is 25.8 Å². The third kappa shape index (κ3) is 4.94. The zero-order valence-electron chi connectivity index (χ0n) is 17.1. The second-order valence-electron chi connectivity index (χ2n) is 8.30. The first-order chi connectivity index (χ1) is 13.7. The molecule has 10 nitrogen and oxygen atoms in total. The van der Waals surface area contributed by atoms with Crippen molar-refractivity contribution in [3.8, 4) is 5.88 Å². The molecule has 2 aromatic rings. The number of nitrogens with one attached hydrogen (secondary N) is 1. The van der Waals surface area contributed by atoms with Gasteiger partial charge in [0.25, 0.3) is 11.5 Å². The Morgan fingerprint density at radius 2 is 2.14 bits per heavy atom. The second-order valence-corrected chi connectivity index (χ2v) is 8.30. The average molecular weight is 405 g/mol. The van der Waals surface area contributed by atoms with Crippen LogP contribution in [0.4, 0.5) is 0 Å². The predicted octanol–water partition coefficient (Wildman–Crippen LogP) is 1.14. The van der Waals surface area contributed by atoms with Crippen molar-refractivity contribution in [2.75, 3.05) is 20.3 Å². The maximum atomic E-state index is 12.9. The Morgan fingerprint density at radius 1 is 1.41 bits per heavy atom. The highest BCUT2D eigenvalue weighted by Gasteiger charge is 2.30. The van der Waals surface area contributed by atoms with Gasteiger partial charge in [-0.3, -0.25) is 14.2 Å². The lowest BCUT2D eigenvalue weighted by Crippen LogP contribution is -2.35. The van der Waals surface area contributed by atoms with Crippen molar-refractivity contribution in [2.45, 2.75) is 46.2 Å². The summed E-state index contributed by atoms with van der Waals surface area (Å²) in [5, 5.41) is 21.6. The van der Waals surface area contributed by atoms with Crippen LogP contribution in [0.5, 0.6) is 5.88 Å². The average Bonchev–Trinajstić information content (AvgIpc) is 3.33. The number of ether oxygens (including phenoxy) is 1. The molecule has 1 aliphatic rings. The van der Waals surface area contributed by atoms with E-state index in [0.717, 1.165) is 17.4 Å². The van der Waals surface area contributed by atoms with Crippen LogP contribution in [-0.4, -0.2) is 57.8 Å². The van der Waals surface area contributed by atoms with Gasteiger partial charge in [0.2, 0.25) is 5.88 Å². The molecule has 10 heteroatoms. The van der Waals surface area contributed by atoms with Gasteiger partial charge in [0.05, 0.1) is 12.8 Å². The number of carbonyl (C=O) groups is 1. The molecule has 0 bridgehead atoms. The number of rotatable bonds is 8. The van der Waals surface area contributed by atoms with Gasteiger partial charge in [-0.05, 0) is 18.3 Å². The van der Waals surface area contributed by atoms with E-state index in [2.05, 4.69) is 15.6 Å². The number of fused-ring (bicyclic) bond motifs is 1. The number of carbonyl (C=O) groups excluding carboxylic acids is 1. The van der Waals surface area contributed by atoms with Crippen LogP contribution >= 0.6 is 0 Å².